The number of nitrogens with zero attached hydrogens (tertiary/aromatic N) is 2. The fourth-order valence-corrected chi connectivity index (χ4v) is 4.06. The second-order valence-electron chi connectivity index (χ2n) is 7.84. The Balaban J connectivity index is 1.60. The summed E-state index contributed by atoms with van der Waals surface area (Å²) < 4.78 is 13.3. The molecule has 2 aromatic carbocycles. The molecule has 0 unspecified atom stereocenters. The van der Waals surface area contributed by atoms with E-state index in [1.54, 1.807) is 36.4 Å². The molecule has 2 heterocycles. The molecule has 3 aromatic rings. The van der Waals surface area contributed by atoms with Crippen molar-refractivity contribution in [3.63, 3.8) is 0 Å². The predicted molar refractivity (Wildman–Crippen MR) is 118 cm³/mol. The minimum absolute atomic E-state index is 0.0523. The molecule has 1 aromatic heterocycles. The van der Waals surface area contributed by atoms with Crippen molar-refractivity contribution >= 4 is 17.5 Å². The number of aromatic nitrogens is 1. The monoisotopic (exact) mass is 417 g/mol. The molecule has 1 aliphatic heterocycles. The van der Waals surface area contributed by atoms with E-state index < -0.39 is 0 Å². The summed E-state index contributed by atoms with van der Waals surface area (Å²) in [5, 5.41) is 2.71. The van der Waals surface area contributed by atoms with Crippen LogP contribution in [-0.4, -0.2) is 28.2 Å². The highest BCUT2D eigenvalue weighted by Gasteiger charge is 2.32. The number of halogens is 1. The molecule has 0 bridgehead atoms. The molecule has 2 amide bonds. The van der Waals surface area contributed by atoms with Gasteiger partial charge in [-0.1, -0.05) is 12.1 Å². The molecule has 0 spiro atoms. The number of benzene rings is 2. The lowest BCUT2D eigenvalue weighted by atomic mass is 10.0. The molecule has 1 aliphatic rings. The molecule has 0 saturated carbocycles. The highest BCUT2D eigenvalue weighted by atomic mass is 19.1. The number of carbonyl (C=O) groups is 2. The van der Waals surface area contributed by atoms with Crippen molar-refractivity contribution in [2.24, 2.45) is 0 Å². The van der Waals surface area contributed by atoms with Crippen LogP contribution in [0.3, 0.4) is 0 Å². The summed E-state index contributed by atoms with van der Waals surface area (Å²) >= 11 is 0. The van der Waals surface area contributed by atoms with Gasteiger partial charge >= 0.3 is 0 Å². The topological polar surface area (TPSA) is 62.3 Å². The summed E-state index contributed by atoms with van der Waals surface area (Å²) in [6, 6.07) is 17.2. The number of likely N-dealkylation sites (tertiary alicyclic amines) is 1. The largest absolute Gasteiger partial charge is 0.330 e. The Morgan fingerprint density at radius 2 is 1.74 bits per heavy atom. The van der Waals surface area contributed by atoms with Crippen molar-refractivity contribution < 1.29 is 14.0 Å². The molecule has 158 valence electrons. The molecule has 31 heavy (non-hydrogen) atoms. The number of carbonyl (C=O) groups excluding carboxylic acids is 2. The van der Waals surface area contributed by atoms with Crippen molar-refractivity contribution in [3.05, 3.63) is 83.4 Å². The molecule has 1 N–H and O–H groups in total. The second-order valence-corrected chi connectivity index (χ2v) is 7.84. The minimum atomic E-state index is -0.271. The van der Waals surface area contributed by atoms with E-state index in [2.05, 4.69) is 5.32 Å². The Morgan fingerprint density at radius 3 is 2.42 bits per heavy atom. The van der Waals surface area contributed by atoms with E-state index in [1.165, 1.54) is 19.1 Å². The first-order chi connectivity index (χ1) is 14.9. The first kappa shape index (κ1) is 20.7. The van der Waals surface area contributed by atoms with Crippen LogP contribution in [0.2, 0.25) is 0 Å². The quantitative estimate of drug-likeness (QED) is 0.640. The number of pyridine rings is 1. The Bertz CT molecular complexity index is 1110. The number of hydrogen-bond acceptors (Lipinski definition) is 3. The molecule has 4 rings (SSSR count). The zero-order valence-corrected chi connectivity index (χ0v) is 17.6. The van der Waals surface area contributed by atoms with Crippen molar-refractivity contribution in [3.8, 4) is 11.1 Å². The van der Waals surface area contributed by atoms with Crippen LogP contribution < -0.4 is 5.32 Å². The lowest BCUT2D eigenvalue weighted by molar-refractivity contribution is -0.114. The van der Waals surface area contributed by atoms with Gasteiger partial charge in [-0.2, -0.15) is 0 Å². The van der Waals surface area contributed by atoms with Gasteiger partial charge in [-0.05, 0) is 79.4 Å². The average Bonchev–Trinajstić information content (AvgIpc) is 3.23. The van der Waals surface area contributed by atoms with Gasteiger partial charge < -0.3 is 10.2 Å². The van der Waals surface area contributed by atoms with Gasteiger partial charge in [-0.3, -0.25) is 14.6 Å². The van der Waals surface area contributed by atoms with Crippen LogP contribution in [0.15, 0.2) is 60.7 Å². The Hall–Kier alpha value is -3.54. The lowest BCUT2D eigenvalue weighted by Gasteiger charge is -2.25. The van der Waals surface area contributed by atoms with Gasteiger partial charge in [-0.15, -0.1) is 0 Å². The normalized spacial score (nSPS) is 15.7. The fourth-order valence-electron chi connectivity index (χ4n) is 4.06. The smallest absolute Gasteiger partial charge is 0.254 e. The molecular weight excluding hydrogens is 393 g/mol. The summed E-state index contributed by atoms with van der Waals surface area (Å²) in [6.45, 7) is 4.04. The van der Waals surface area contributed by atoms with Crippen molar-refractivity contribution in [1.82, 2.24) is 9.88 Å². The van der Waals surface area contributed by atoms with Gasteiger partial charge in [-0.25, -0.2) is 4.39 Å². The van der Waals surface area contributed by atoms with E-state index >= 15 is 0 Å². The number of nitrogens with one attached hydrogen (secondary N) is 1. The van der Waals surface area contributed by atoms with Gasteiger partial charge in [0.15, 0.2) is 0 Å². The Labute approximate surface area is 180 Å². The van der Waals surface area contributed by atoms with Gasteiger partial charge in [0.05, 0.1) is 11.7 Å². The van der Waals surface area contributed by atoms with Crippen LogP contribution in [-0.2, 0) is 4.79 Å². The summed E-state index contributed by atoms with van der Waals surface area (Å²) in [5.41, 5.74) is 4.81. The summed E-state index contributed by atoms with van der Waals surface area (Å²) in [4.78, 5) is 31.0. The predicted octanol–water partition coefficient (Wildman–Crippen LogP) is 5.13. The molecule has 1 saturated heterocycles. The average molecular weight is 417 g/mol. The van der Waals surface area contributed by atoms with E-state index in [-0.39, 0.29) is 23.7 Å². The lowest BCUT2D eigenvalue weighted by Crippen LogP contribution is -2.31. The molecule has 0 radical (unpaired) electrons. The molecule has 1 fully saturated rings. The van der Waals surface area contributed by atoms with Crippen LogP contribution in [0.25, 0.3) is 11.1 Å². The first-order valence-electron chi connectivity index (χ1n) is 10.3. The summed E-state index contributed by atoms with van der Waals surface area (Å²) in [5.74, 6) is -0.475. The number of amides is 2. The van der Waals surface area contributed by atoms with Crippen LogP contribution >= 0.6 is 0 Å². The second kappa shape index (κ2) is 8.68. The van der Waals surface area contributed by atoms with Gasteiger partial charge in [0, 0.05) is 30.4 Å². The Kier molecular flexibility index (Phi) is 5.80. The van der Waals surface area contributed by atoms with Crippen LogP contribution in [0.5, 0.6) is 0 Å². The third kappa shape index (κ3) is 4.63. The zero-order chi connectivity index (χ0) is 22.0. The molecule has 5 nitrogen and oxygen atoms in total. The van der Waals surface area contributed by atoms with Crippen molar-refractivity contribution in [2.45, 2.75) is 32.7 Å². The van der Waals surface area contributed by atoms with Gasteiger partial charge in [0.25, 0.3) is 5.91 Å². The van der Waals surface area contributed by atoms with Crippen LogP contribution in [0.1, 0.15) is 47.6 Å². The van der Waals surface area contributed by atoms with E-state index in [4.69, 9.17) is 4.98 Å². The van der Waals surface area contributed by atoms with Gasteiger partial charge in [0.2, 0.25) is 5.91 Å². The third-order valence-corrected chi connectivity index (χ3v) is 5.46. The first-order valence-corrected chi connectivity index (χ1v) is 10.3. The molecule has 6 heteroatoms. The SMILES string of the molecule is CC(=O)Nc1ccc(C(=O)N2CCC[C@H]2c2cc(-c3ccc(F)cc3)cc(C)n2)cc1. The molecular formula is C25H24FN3O2. The van der Waals surface area contributed by atoms with E-state index in [0.717, 1.165) is 35.4 Å². The van der Waals surface area contributed by atoms with Crippen LogP contribution in [0.4, 0.5) is 10.1 Å². The van der Waals surface area contributed by atoms with Crippen molar-refractivity contribution in [2.75, 3.05) is 11.9 Å². The fraction of sp³-hybridized carbons (Fsp3) is 0.240. The molecule has 0 aliphatic carbocycles. The highest BCUT2D eigenvalue weighted by molar-refractivity contribution is 5.96. The third-order valence-electron chi connectivity index (χ3n) is 5.46. The summed E-state index contributed by atoms with van der Waals surface area (Å²) in [6.07, 6.45) is 1.75. The maximum atomic E-state index is 13.3. The standard InChI is InChI=1S/C25H24FN3O2/c1-16-14-20(18-5-9-21(26)10-6-18)15-23(27-16)24-4-3-13-29(24)25(31)19-7-11-22(12-8-19)28-17(2)30/h5-12,14-15,24H,3-4,13H2,1-2H3,(H,28,30)/t24-/m0/s1. The zero-order valence-electron chi connectivity index (χ0n) is 17.6. The molecule has 1 atom stereocenters. The maximum Gasteiger partial charge on any atom is 0.254 e. The number of aryl methyl sites for hydroxylation is 1. The number of anilines is 1. The van der Waals surface area contributed by atoms with Crippen LogP contribution in [0, 0.1) is 12.7 Å². The number of hydrogen-bond donors (Lipinski definition) is 1. The van der Waals surface area contributed by atoms with E-state index in [9.17, 15) is 14.0 Å². The minimum Gasteiger partial charge on any atom is -0.330 e. The Morgan fingerprint density at radius 1 is 1.03 bits per heavy atom. The van der Waals surface area contributed by atoms with Gasteiger partial charge in [0.1, 0.15) is 5.82 Å². The number of rotatable bonds is 4. The summed E-state index contributed by atoms with van der Waals surface area (Å²) in [7, 11) is 0. The van der Waals surface area contributed by atoms with E-state index in [0.29, 0.717) is 17.8 Å². The van der Waals surface area contributed by atoms with Crippen molar-refractivity contribution in [1.29, 1.82) is 0 Å². The van der Waals surface area contributed by atoms with E-state index in [1.807, 2.05) is 24.0 Å². The maximum absolute atomic E-state index is 13.3. The highest BCUT2D eigenvalue weighted by Crippen LogP contribution is 2.34.